The molecule has 28 heavy (non-hydrogen) atoms. The van der Waals surface area contributed by atoms with Crippen LogP contribution in [0, 0.1) is 0 Å². The topological polar surface area (TPSA) is 72.3 Å². The third-order valence-electron chi connectivity index (χ3n) is 4.32. The Labute approximate surface area is 170 Å². The normalized spacial score (nSPS) is 16.1. The first-order valence-electron chi connectivity index (χ1n) is 9.62. The standard InChI is InChI=1S/C20H29N5O2S/c1-15(17(26)21-20(2,3)4)28-19-23-22-18(24-10-12-27-13-11-24)25(19)14-16-8-6-5-7-9-16/h5-9,15H,10-14H2,1-4H3,(H,21,26)/t15-/m1/s1. The van der Waals surface area contributed by atoms with Crippen LogP contribution in [0.4, 0.5) is 5.95 Å². The minimum absolute atomic E-state index is 0.000293. The molecule has 1 aromatic carbocycles. The van der Waals surface area contributed by atoms with E-state index in [1.807, 2.05) is 45.9 Å². The molecule has 1 N–H and O–H groups in total. The van der Waals surface area contributed by atoms with Crippen LogP contribution in [-0.4, -0.2) is 57.8 Å². The van der Waals surface area contributed by atoms with Gasteiger partial charge in [-0.3, -0.25) is 9.36 Å². The summed E-state index contributed by atoms with van der Waals surface area (Å²) in [4.78, 5) is 14.7. The first-order chi connectivity index (χ1) is 13.3. The maximum atomic E-state index is 12.5. The lowest BCUT2D eigenvalue weighted by Gasteiger charge is -2.28. The van der Waals surface area contributed by atoms with Gasteiger partial charge in [0.2, 0.25) is 11.9 Å². The van der Waals surface area contributed by atoms with Gasteiger partial charge in [-0.1, -0.05) is 42.1 Å². The SMILES string of the molecule is C[C@@H](Sc1nnc(N2CCOCC2)n1Cc1ccccc1)C(=O)NC(C)(C)C. The average Bonchev–Trinajstić information content (AvgIpc) is 3.04. The number of carbonyl (C=O) groups is 1. The van der Waals surface area contributed by atoms with E-state index < -0.39 is 0 Å². The van der Waals surface area contributed by atoms with Crippen LogP contribution in [0.2, 0.25) is 0 Å². The first-order valence-corrected chi connectivity index (χ1v) is 10.5. The number of hydrogen-bond acceptors (Lipinski definition) is 6. The number of aromatic nitrogens is 3. The van der Waals surface area contributed by atoms with E-state index in [1.165, 1.54) is 17.3 Å². The fraction of sp³-hybridized carbons (Fsp3) is 0.550. The third-order valence-corrected chi connectivity index (χ3v) is 5.40. The molecule has 1 fully saturated rings. The minimum atomic E-state index is -0.268. The summed E-state index contributed by atoms with van der Waals surface area (Å²) in [6, 6.07) is 10.2. The summed E-state index contributed by atoms with van der Waals surface area (Å²) in [5.74, 6) is 0.831. The summed E-state index contributed by atoms with van der Waals surface area (Å²) in [7, 11) is 0. The Hall–Kier alpha value is -2.06. The molecular formula is C20H29N5O2S. The second kappa shape index (κ2) is 8.96. The number of anilines is 1. The molecule has 1 aromatic heterocycles. The van der Waals surface area contributed by atoms with Crippen LogP contribution in [0.1, 0.15) is 33.3 Å². The van der Waals surface area contributed by atoms with Crippen LogP contribution in [0.25, 0.3) is 0 Å². The summed E-state index contributed by atoms with van der Waals surface area (Å²) < 4.78 is 7.57. The van der Waals surface area contributed by atoms with Crippen LogP contribution < -0.4 is 10.2 Å². The van der Waals surface area contributed by atoms with E-state index in [0.717, 1.165) is 24.2 Å². The fourth-order valence-electron chi connectivity index (χ4n) is 2.95. The van der Waals surface area contributed by atoms with Crippen LogP contribution in [0.5, 0.6) is 0 Å². The molecule has 0 unspecified atom stereocenters. The molecule has 8 heteroatoms. The van der Waals surface area contributed by atoms with Gasteiger partial charge in [0.25, 0.3) is 0 Å². The molecule has 0 bridgehead atoms. The van der Waals surface area contributed by atoms with Crippen molar-refractivity contribution in [2.45, 2.75) is 50.2 Å². The smallest absolute Gasteiger partial charge is 0.233 e. The number of nitrogens with zero attached hydrogens (tertiary/aromatic N) is 4. The Morgan fingerprint density at radius 1 is 1.21 bits per heavy atom. The number of thioether (sulfide) groups is 1. The summed E-state index contributed by atoms with van der Waals surface area (Å²) >= 11 is 1.44. The van der Waals surface area contributed by atoms with Gasteiger partial charge in [0.05, 0.1) is 25.0 Å². The maximum absolute atomic E-state index is 12.5. The van der Waals surface area contributed by atoms with Crippen LogP contribution in [0.3, 0.4) is 0 Å². The lowest BCUT2D eigenvalue weighted by atomic mass is 10.1. The number of hydrogen-bond donors (Lipinski definition) is 1. The third kappa shape index (κ3) is 5.48. The van der Waals surface area contributed by atoms with Crippen molar-refractivity contribution >= 4 is 23.6 Å². The van der Waals surface area contributed by atoms with Crippen LogP contribution in [0.15, 0.2) is 35.5 Å². The highest BCUT2D eigenvalue weighted by atomic mass is 32.2. The molecule has 7 nitrogen and oxygen atoms in total. The van der Waals surface area contributed by atoms with Crippen molar-refractivity contribution in [2.24, 2.45) is 0 Å². The van der Waals surface area contributed by atoms with Crippen molar-refractivity contribution in [3.63, 3.8) is 0 Å². The second-order valence-corrected chi connectivity index (χ2v) is 9.26. The van der Waals surface area contributed by atoms with Gasteiger partial charge in [-0.2, -0.15) is 0 Å². The molecule has 3 rings (SSSR count). The fourth-order valence-corrected chi connectivity index (χ4v) is 3.80. The second-order valence-electron chi connectivity index (χ2n) is 7.95. The van der Waals surface area contributed by atoms with Gasteiger partial charge >= 0.3 is 0 Å². The first kappa shape index (κ1) is 20.7. The van der Waals surface area contributed by atoms with E-state index in [-0.39, 0.29) is 16.7 Å². The monoisotopic (exact) mass is 403 g/mol. The molecular weight excluding hydrogens is 374 g/mol. The zero-order chi connectivity index (χ0) is 20.1. The number of amides is 1. The molecule has 1 amide bonds. The van der Waals surface area contributed by atoms with Crippen molar-refractivity contribution < 1.29 is 9.53 Å². The number of ether oxygens (including phenoxy) is 1. The van der Waals surface area contributed by atoms with Crippen LogP contribution >= 0.6 is 11.8 Å². The molecule has 2 aromatic rings. The summed E-state index contributed by atoms with van der Waals surface area (Å²) in [6.45, 7) is 11.5. The quantitative estimate of drug-likeness (QED) is 0.748. The van der Waals surface area contributed by atoms with Gasteiger partial charge in [0.15, 0.2) is 5.16 Å². The van der Waals surface area contributed by atoms with Crippen LogP contribution in [-0.2, 0) is 16.1 Å². The molecule has 1 aliphatic rings. The predicted molar refractivity (Wildman–Crippen MR) is 112 cm³/mol. The van der Waals surface area contributed by atoms with Gasteiger partial charge in [-0.15, -0.1) is 10.2 Å². The largest absolute Gasteiger partial charge is 0.378 e. The number of morpholine rings is 1. The molecule has 1 aliphatic heterocycles. The number of carbonyl (C=O) groups excluding carboxylic acids is 1. The zero-order valence-corrected chi connectivity index (χ0v) is 17.8. The van der Waals surface area contributed by atoms with Crippen molar-refractivity contribution in [2.75, 3.05) is 31.2 Å². The molecule has 0 spiro atoms. The average molecular weight is 404 g/mol. The van der Waals surface area contributed by atoms with Crippen molar-refractivity contribution in [3.8, 4) is 0 Å². The molecule has 1 saturated heterocycles. The molecule has 0 aliphatic carbocycles. The van der Waals surface area contributed by atoms with Gasteiger partial charge in [0, 0.05) is 18.6 Å². The highest BCUT2D eigenvalue weighted by Gasteiger charge is 2.25. The number of benzene rings is 1. The van der Waals surface area contributed by atoms with E-state index in [4.69, 9.17) is 4.74 Å². The lowest BCUT2D eigenvalue weighted by Crippen LogP contribution is -2.44. The maximum Gasteiger partial charge on any atom is 0.233 e. The molecule has 152 valence electrons. The van der Waals surface area contributed by atoms with Gasteiger partial charge in [0.1, 0.15) is 0 Å². The molecule has 0 saturated carbocycles. The Kier molecular flexibility index (Phi) is 6.61. The van der Waals surface area contributed by atoms with Crippen molar-refractivity contribution in [3.05, 3.63) is 35.9 Å². The van der Waals surface area contributed by atoms with Gasteiger partial charge < -0.3 is 15.0 Å². The Morgan fingerprint density at radius 3 is 2.54 bits per heavy atom. The van der Waals surface area contributed by atoms with Gasteiger partial charge in [-0.25, -0.2) is 0 Å². The molecule has 2 heterocycles. The Balaban J connectivity index is 1.83. The highest BCUT2D eigenvalue weighted by molar-refractivity contribution is 8.00. The van der Waals surface area contributed by atoms with E-state index in [2.05, 4.69) is 37.1 Å². The summed E-state index contributed by atoms with van der Waals surface area (Å²) in [5, 5.41) is 12.4. The predicted octanol–water partition coefficient (Wildman–Crippen LogP) is 2.56. The highest BCUT2D eigenvalue weighted by Crippen LogP contribution is 2.27. The van der Waals surface area contributed by atoms with E-state index in [0.29, 0.717) is 19.8 Å². The Bertz CT molecular complexity index is 782. The molecule has 1 atom stereocenters. The zero-order valence-electron chi connectivity index (χ0n) is 17.0. The van der Waals surface area contributed by atoms with Crippen molar-refractivity contribution in [1.29, 1.82) is 0 Å². The van der Waals surface area contributed by atoms with Gasteiger partial charge in [-0.05, 0) is 33.3 Å². The summed E-state index contributed by atoms with van der Waals surface area (Å²) in [6.07, 6.45) is 0. The van der Waals surface area contributed by atoms with E-state index in [1.54, 1.807) is 0 Å². The van der Waals surface area contributed by atoms with E-state index >= 15 is 0 Å². The minimum Gasteiger partial charge on any atom is -0.378 e. The lowest BCUT2D eigenvalue weighted by molar-refractivity contribution is -0.121. The summed E-state index contributed by atoms with van der Waals surface area (Å²) in [5.41, 5.74) is 0.910. The number of rotatable bonds is 6. The molecule has 0 radical (unpaired) electrons. The number of nitrogens with one attached hydrogen (secondary N) is 1. The van der Waals surface area contributed by atoms with E-state index in [9.17, 15) is 4.79 Å². The van der Waals surface area contributed by atoms with Crippen molar-refractivity contribution in [1.82, 2.24) is 20.1 Å². The Morgan fingerprint density at radius 2 is 1.89 bits per heavy atom.